The topological polar surface area (TPSA) is 12.4 Å². The molecule has 0 aliphatic carbocycles. The van der Waals surface area contributed by atoms with Gasteiger partial charge in [-0.25, -0.2) is 0 Å². The summed E-state index contributed by atoms with van der Waals surface area (Å²) in [6.07, 6.45) is 6.38. The fourth-order valence-electron chi connectivity index (χ4n) is 1.10. The van der Waals surface area contributed by atoms with E-state index in [-0.39, 0.29) is 0 Å². The van der Waals surface area contributed by atoms with Crippen LogP contribution < -0.4 is 0 Å². The van der Waals surface area contributed by atoms with Gasteiger partial charge in [0.25, 0.3) is 0 Å². The largest absolute Gasteiger partial charge is 0.261 e. The Hall–Kier alpha value is -0.850. The first-order valence-electron chi connectivity index (χ1n) is 4.09. The molecule has 0 N–H and O–H groups in total. The molecule has 1 rings (SSSR count). The summed E-state index contributed by atoms with van der Waals surface area (Å²) in [6.45, 7) is 6.31. The van der Waals surface area contributed by atoms with E-state index in [0.29, 0.717) is 0 Å². The zero-order valence-electron chi connectivity index (χ0n) is 7.52. The smallest absolute Gasteiger partial charge is 0.0432 e. The predicted molar refractivity (Wildman–Crippen MR) is 49.9 cm³/mol. The van der Waals surface area contributed by atoms with E-state index < -0.39 is 0 Å². The van der Waals surface area contributed by atoms with Crippen molar-refractivity contribution in [3.63, 3.8) is 0 Å². The first-order chi connectivity index (χ1) is 5.24. The Morgan fingerprint density at radius 2 is 2.27 bits per heavy atom. The van der Waals surface area contributed by atoms with Crippen molar-refractivity contribution in [3.05, 3.63) is 23.4 Å². The maximum absolute atomic E-state index is 4.37. The third-order valence-electron chi connectivity index (χ3n) is 2.09. The average Bonchev–Trinajstić information content (AvgIpc) is 2.05. The third kappa shape index (κ3) is 2.04. The van der Waals surface area contributed by atoms with Gasteiger partial charge >= 0.3 is 0 Å². The number of aliphatic imine (C=N–C) groups is 1. The van der Waals surface area contributed by atoms with Crippen molar-refractivity contribution in [1.82, 2.24) is 0 Å². The van der Waals surface area contributed by atoms with Crippen LogP contribution in [0.15, 0.2) is 28.4 Å². The number of allylic oxidation sites excluding steroid dienone is 3. The summed E-state index contributed by atoms with van der Waals surface area (Å²) in [5, 5.41) is 0. The minimum Gasteiger partial charge on any atom is -0.261 e. The molecule has 0 saturated carbocycles. The number of rotatable bonds is 1. The maximum Gasteiger partial charge on any atom is 0.0432 e. The Morgan fingerprint density at radius 3 is 2.73 bits per heavy atom. The Labute approximate surface area is 68.5 Å². The second kappa shape index (κ2) is 3.51. The second-order valence-electron chi connectivity index (χ2n) is 3.02. The van der Waals surface area contributed by atoms with Gasteiger partial charge in [-0.1, -0.05) is 11.6 Å². The van der Waals surface area contributed by atoms with Crippen molar-refractivity contribution in [3.8, 4) is 0 Å². The molecular formula is C10H15N. The SMILES string of the molecule is C/C=C(\C)C1=NC=C(C)CC1. The van der Waals surface area contributed by atoms with Gasteiger partial charge in [0.05, 0.1) is 0 Å². The van der Waals surface area contributed by atoms with Crippen LogP contribution in [0, 0.1) is 0 Å². The molecule has 0 saturated heterocycles. The van der Waals surface area contributed by atoms with E-state index in [1.807, 2.05) is 6.20 Å². The number of hydrogen-bond acceptors (Lipinski definition) is 1. The average molecular weight is 149 g/mol. The van der Waals surface area contributed by atoms with E-state index >= 15 is 0 Å². The number of hydrogen-bond donors (Lipinski definition) is 0. The molecule has 0 fully saturated rings. The third-order valence-corrected chi connectivity index (χ3v) is 2.09. The number of nitrogens with zero attached hydrogens (tertiary/aromatic N) is 1. The van der Waals surface area contributed by atoms with Crippen molar-refractivity contribution in [2.45, 2.75) is 33.6 Å². The first-order valence-corrected chi connectivity index (χ1v) is 4.09. The minimum absolute atomic E-state index is 1.11. The van der Waals surface area contributed by atoms with Crippen molar-refractivity contribution >= 4 is 5.71 Å². The Bertz CT molecular complexity index is 231. The lowest BCUT2D eigenvalue weighted by Gasteiger charge is -2.10. The molecule has 1 heterocycles. The minimum atomic E-state index is 1.11. The van der Waals surface area contributed by atoms with Gasteiger partial charge in [0.1, 0.15) is 0 Å². The summed E-state index contributed by atoms with van der Waals surface area (Å²) in [4.78, 5) is 4.37. The Kier molecular flexibility index (Phi) is 2.64. The van der Waals surface area contributed by atoms with Gasteiger partial charge in [0.15, 0.2) is 0 Å². The normalized spacial score (nSPS) is 19.4. The predicted octanol–water partition coefficient (Wildman–Crippen LogP) is 3.09. The lowest BCUT2D eigenvalue weighted by atomic mass is 10.0. The molecule has 1 aliphatic rings. The van der Waals surface area contributed by atoms with Crippen molar-refractivity contribution < 1.29 is 0 Å². The molecule has 0 amide bonds. The molecule has 1 nitrogen and oxygen atoms in total. The van der Waals surface area contributed by atoms with Gasteiger partial charge in [-0.15, -0.1) is 0 Å². The van der Waals surface area contributed by atoms with Crippen LogP contribution in [0.5, 0.6) is 0 Å². The molecule has 11 heavy (non-hydrogen) atoms. The van der Waals surface area contributed by atoms with Gasteiger partial charge < -0.3 is 0 Å². The zero-order valence-corrected chi connectivity index (χ0v) is 7.52. The molecule has 0 unspecified atom stereocenters. The summed E-state index contributed by atoms with van der Waals surface area (Å²) in [5.41, 5.74) is 3.95. The summed E-state index contributed by atoms with van der Waals surface area (Å²) >= 11 is 0. The van der Waals surface area contributed by atoms with Crippen molar-refractivity contribution in [2.75, 3.05) is 0 Å². The fraction of sp³-hybridized carbons (Fsp3) is 0.500. The molecule has 1 heteroatoms. The molecule has 0 spiro atoms. The summed E-state index contributed by atoms with van der Waals surface area (Å²) in [5.74, 6) is 0. The molecule has 60 valence electrons. The Balaban J connectivity index is 2.76. The molecule has 1 aliphatic heterocycles. The van der Waals surface area contributed by atoms with Crippen LogP contribution in [0.25, 0.3) is 0 Å². The molecule has 0 atom stereocenters. The van der Waals surface area contributed by atoms with Crippen molar-refractivity contribution in [2.24, 2.45) is 4.99 Å². The Morgan fingerprint density at radius 1 is 1.55 bits per heavy atom. The fourth-order valence-corrected chi connectivity index (χ4v) is 1.10. The molecule has 0 radical (unpaired) electrons. The standard InChI is InChI=1S/C10H15N/c1-4-9(3)10-6-5-8(2)7-11-10/h4,7H,5-6H2,1-3H3/b9-4+. The molecular weight excluding hydrogens is 134 g/mol. The van der Waals surface area contributed by atoms with Gasteiger partial charge in [0.2, 0.25) is 0 Å². The second-order valence-corrected chi connectivity index (χ2v) is 3.02. The monoisotopic (exact) mass is 149 g/mol. The van der Waals surface area contributed by atoms with Crippen LogP contribution in [0.3, 0.4) is 0 Å². The highest BCUT2D eigenvalue weighted by atomic mass is 14.7. The zero-order chi connectivity index (χ0) is 8.27. The maximum atomic E-state index is 4.37. The van der Waals surface area contributed by atoms with Gasteiger partial charge in [-0.05, 0) is 39.2 Å². The van der Waals surface area contributed by atoms with Crippen LogP contribution in [0.1, 0.15) is 33.6 Å². The lowest BCUT2D eigenvalue weighted by molar-refractivity contribution is 0.973. The lowest BCUT2D eigenvalue weighted by Crippen LogP contribution is -2.03. The van der Waals surface area contributed by atoms with Crippen LogP contribution in [-0.2, 0) is 0 Å². The quantitative estimate of drug-likeness (QED) is 0.543. The van der Waals surface area contributed by atoms with Gasteiger partial charge in [0, 0.05) is 11.9 Å². The van der Waals surface area contributed by atoms with Gasteiger partial charge in [-0.2, -0.15) is 0 Å². The molecule has 0 aromatic rings. The van der Waals surface area contributed by atoms with Gasteiger partial charge in [-0.3, -0.25) is 4.99 Å². The molecule has 0 aromatic carbocycles. The highest BCUT2D eigenvalue weighted by molar-refractivity contribution is 6.00. The van der Waals surface area contributed by atoms with Crippen LogP contribution >= 0.6 is 0 Å². The first kappa shape index (κ1) is 8.25. The summed E-state index contributed by atoms with van der Waals surface area (Å²) < 4.78 is 0. The van der Waals surface area contributed by atoms with Crippen LogP contribution in [0.2, 0.25) is 0 Å². The van der Waals surface area contributed by atoms with E-state index in [1.165, 1.54) is 23.3 Å². The van der Waals surface area contributed by atoms with E-state index in [1.54, 1.807) is 0 Å². The van der Waals surface area contributed by atoms with Crippen LogP contribution in [-0.4, -0.2) is 5.71 Å². The highest BCUT2D eigenvalue weighted by Gasteiger charge is 2.05. The van der Waals surface area contributed by atoms with Crippen LogP contribution in [0.4, 0.5) is 0 Å². The van der Waals surface area contributed by atoms with E-state index in [9.17, 15) is 0 Å². The summed E-state index contributed by atoms with van der Waals surface area (Å²) in [6, 6.07) is 0. The molecule has 0 bridgehead atoms. The van der Waals surface area contributed by atoms with E-state index in [0.717, 1.165) is 6.42 Å². The van der Waals surface area contributed by atoms with Crippen molar-refractivity contribution in [1.29, 1.82) is 0 Å². The van der Waals surface area contributed by atoms with E-state index in [2.05, 4.69) is 31.8 Å². The summed E-state index contributed by atoms with van der Waals surface area (Å²) in [7, 11) is 0. The molecule has 0 aromatic heterocycles. The van der Waals surface area contributed by atoms with E-state index in [4.69, 9.17) is 0 Å². The highest BCUT2D eigenvalue weighted by Crippen LogP contribution is 2.15.